The molecule has 2 N–H and O–H groups in total. The third kappa shape index (κ3) is 6.25. The topological polar surface area (TPSA) is 95.6 Å². The summed E-state index contributed by atoms with van der Waals surface area (Å²) in [5.41, 5.74) is 0.528. The molecular formula is C19H20Cl3N3O4S. The van der Waals surface area contributed by atoms with Crippen molar-refractivity contribution in [2.45, 2.75) is 13.3 Å². The van der Waals surface area contributed by atoms with Gasteiger partial charge in [0.15, 0.2) is 0 Å². The second-order valence-corrected chi connectivity index (χ2v) is 9.47. The average molecular weight is 493 g/mol. The Balaban J connectivity index is 2.29. The van der Waals surface area contributed by atoms with Crippen LogP contribution in [-0.2, 0) is 14.8 Å². The third-order valence-electron chi connectivity index (χ3n) is 3.93. The minimum atomic E-state index is -3.89. The van der Waals surface area contributed by atoms with E-state index < -0.39 is 22.5 Å². The normalized spacial score (nSPS) is 11.1. The van der Waals surface area contributed by atoms with Crippen molar-refractivity contribution in [2.75, 3.05) is 29.0 Å². The smallest absolute Gasteiger partial charge is 0.253 e. The Hall–Kier alpha value is -2.00. The molecule has 11 heteroatoms. The lowest BCUT2D eigenvalue weighted by atomic mass is 10.1. The van der Waals surface area contributed by atoms with Crippen LogP contribution in [0.2, 0.25) is 15.1 Å². The zero-order chi connectivity index (χ0) is 22.5. The Kier molecular flexibility index (Phi) is 8.37. The molecule has 0 aliphatic carbocycles. The highest BCUT2D eigenvalue weighted by atomic mass is 35.5. The number of nitrogens with one attached hydrogen (secondary N) is 2. The highest BCUT2D eigenvalue weighted by Crippen LogP contribution is 2.35. The summed E-state index contributed by atoms with van der Waals surface area (Å²) in [5.74, 6) is -1.02. The van der Waals surface area contributed by atoms with Gasteiger partial charge in [0, 0.05) is 6.54 Å². The van der Waals surface area contributed by atoms with E-state index in [0.717, 1.165) is 17.0 Å². The molecule has 0 aliphatic heterocycles. The molecular weight excluding hydrogens is 473 g/mol. The molecule has 162 valence electrons. The van der Waals surface area contributed by atoms with E-state index in [0.29, 0.717) is 6.54 Å². The van der Waals surface area contributed by atoms with Gasteiger partial charge in [0.25, 0.3) is 5.91 Å². The van der Waals surface area contributed by atoms with Crippen LogP contribution in [0.4, 0.5) is 11.4 Å². The number of rotatable bonds is 8. The molecule has 0 aromatic heterocycles. The molecule has 0 unspecified atom stereocenters. The van der Waals surface area contributed by atoms with E-state index in [-0.39, 0.29) is 37.9 Å². The van der Waals surface area contributed by atoms with E-state index in [1.165, 1.54) is 12.1 Å². The van der Waals surface area contributed by atoms with Gasteiger partial charge in [-0.3, -0.25) is 13.9 Å². The number of para-hydroxylation sites is 1. The summed E-state index contributed by atoms with van der Waals surface area (Å²) in [6, 6.07) is 8.99. The number of sulfonamides is 1. The summed E-state index contributed by atoms with van der Waals surface area (Å²) in [4.78, 5) is 25.0. The summed E-state index contributed by atoms with van der Waals surface area (Å²) >= 11 is 18.0. The van der Waals surface area contributed by atoms with Gasteiger partial charge in [-0.25, -0.2) is 8.42 Å². The van der Waals surface area contributed by atoms with Gasteiger partial charge >= 0.3 is 0 Å². The van der Waals surface area contributed by atoms with Gasteiger partial charge in [0.05, 0.1) is 38.3 Å². The van der Waals surface area contributed by atoms with Crippen LogP contribution < -0.4 is 14.9 Å². The van der Waals surface area contributed by atoms with Crippen molar-refractivity contribution < 1.29 is 18.0 Å². The molecule has 0 saturated carbocycles. The predicted molar refractivity (Wildman–Crippen MR) is 121 cm³/mol. The fourth-order valence-corrected chi connectivity index (χ4v) is 4.08. The van der Waals surface area contributed by atoms with Crippen molar-refractivity contribution in [2.24, 2.45) is 0 Å². The molecule has 0 bridgehead atoms. The molecule has 0 aliphatic rings. The van der Waals surface area contributed by atoms with Crippen molar-refractivity contribution in [3.8, 4) is 0 Å². The molecule has 0 spiro atoms. The lowest BCUT2D eigenvalue weighted by Crippen LogP contribution is -2.38. The number of benzene rings is 2. The van der Waals surface area contributed by atoms with Crippen molar-refractivity contribution in [1.82, 2.24) is 5.32 Å². The predicted octanol–water partition coefficient (Wildman–Crippen LogP) is 4.19. The lowest BCUT2D eigenvalue weighted by molar-refractivity contribution is -0.114. The number of carbonyl (C=O) groups excluding carboxylic acids is 2. The van der Waals surface area contributed by atoms with E-state index >= 15 is 0 Å². The Morgan fingerprint density at radius 3 is 2.30 bits per heavy atom. The van der Waals surface area contributed by atoms with Gasteiger partial charge in [0.1, 0.15) is 6.54 Å². The Morgan fingerprint density at radius 2 is 1.67 bits per heavy atom. The van der Waals surface area contributed by atoms with E-state index in [4.69, 9.17) is 34.8 Å². The quantitative estimate of drug-likeness (QED) is 0.540. The molecule has 0 heterocycles. The SMILES string of the molecule is CCCNC(=O)c1ccccc1NC(=O)CN(c1cc(Cl)c(Cl)cc1Cl)S(C)(=O)=O. The number of anilines is 2. The zero-order valence-electron chi connectivity index (χ0n) is 16.2. The van der Waals surface area contributed by atoms with Gasteiger partial charge in [-0.1, -0.05) is 53.9 Å². The number of hydrogen-bond donors (Lipinski definition) is 2. The minimum Gasteiger partial charge on any atom is -0.352 e. The number of nitrogens with zero attached hydrogens (tertiary/aromatic N) is 1. The summed E-state index contributed by atoms with van der Waals surface area (Å²) in [5, 5.41) is 5.56. The maximum absolute atomic E-state index is 12.6. The van der Waals surface area contributed by atoms with E-state index in [1.54, 1.807) is 24.3 Å². The van der Waals surface area contributed by atoms with Crippen molar-refractivity contribution >= 4 is 68.0 Å². The first-order valence-electron chi connectivity index (χ1n) is 8.84. The van der Waals surface area contributed by atoms with Gasteiger partial charge in [0.2, 0.25) is 15.9 Å². The summed E-state index contributed by atoms with van der Waals surface area (Å²) in [6.45, 7) is 1.82. The van der Waals surface area contributed by atoms with Gasteiger partial charge in [-0.05, 0) is 30.7 Å². The number of carbonyl (C=O) groups is 2. The first kappa shape index (κ1) is 24.3. The van der Waals surface area contributed by atoms with Crippen LogP contribution in [0.5, 0.6) is 0 Å². The Labute approximate surface area is 190 Å². The second-order valence-electron chi connectivity index (χ2n) is 6.34. The van der Waals surface area contributed by atoms with Gasteiger partial charge in [-0.2, -0.15) is 0 Å². The van der Waals surface area contributed by atoms with Crippen LogP contribution in [0, 0.1) is 0 Å². The van der Waals surface area contributed by atoms with Crippen molar-refractivity contribution in [3.63, 3.8) is 0 Å². The van der Waals surface area contributed by atoms with Crippen LogP contribution in [0.1, 0.15) is 23.7 Å². The molecule has 0 atom stereocenters. The first-order chi connectivity index (χ1) is 14.0. The molecule has 7 nitrogen and oxygen atoms in total. The molecule has 2 aromatic rings. The van der Waals surface area contributed by atoms with Crippen LogP contribution in [0.3, 0.4) is 0 Å². The molecule has 2 aromatic carbocycles. The molecule has 0 radical (unpaired) electrons. The average Bonchev–Trinajstić information content (AvgIpc) is 2.67. The van der Waals surface area contributed by atoms with E-state index in [9.17, 15) is 18.0 Å². The standard InChI is InChI=1S/C19H20Cl3N3O4S/c1-3-8-23-19(27)12-6-4-5-7-16(12)24-18(26)11-25(30(2,28)29)17-10-14(21)13(20)9-15(17)22/h4-7,9-10H,3,8,11H2,1-2H3,(H,23,27)(H,24,26). The second kappa shape index (κ2) is 10.3. The van der Waals surface area contributed by atoms with Crippen molar-refractivity contribution in [1.29, 1.82) is 0 Å². The fraction of sp³-hybridized carbons (Fsp3) is 0.263. The molecule has 30 heavy (non-hydrogen) atoms. The monoisotopic (exact) mass is 491 g/mol. The minimum absolute atomic E-state index is 0.0118. The molecule has 0 saturated heterocycles. The van der Waals surface area contributed by atoms with E-state index in [1.807, 2.05) is 6.92 Å². The Morgan fingerprint density at radius 1 is 1.03 bits per heavy atom. The third-order valence-corrected chi connectivity index (χ3v) is 6.08. The molecule has 0 fully saturated rings. The number of hydrogen-bond acceptors (Lipinski definition) is 4. The van der Waals surface area contributed by atoms with Crippen LogP contribution in [-0.4, -0.2) is 39.6 Å². The van der Waals surface area contributed by atoms with Crippen LogP contribution in [0.15, 0.2) is 36.4 Å². The zero-order valence-corrected chi connectivity index (χ0v) is 19.3. The lowest BCUT2D eigenvalue weighted by Gasteiger charge is -2.23. The van der Waals surface area contributed by atoms with Gasteiger partial charge in [-0.15, -0.1) is 0 Å². The maximum Gasteiger partial charge on any atom is 0.253 e. The maximum atomic E-state index is 12.6. The molecule has 2 rings (SSSR count). The highest BCUT2D eigenvalue weighted by molar-refractivity contribution is 7.92. The number of halogens is 3. The highest BCUT2D eigenvalue weighted by Gasteiger charge is 2.25. The fourth-order valence-electron chi connectivity index (χ4n) is 2.53. The van der Waals surface area contributed by atoms with Gasteiger partial charge < -0.3 is 10.6 Å². The first-order valence-corrected chi connectivity index (χ1v) is 11.8. The van der Waals surface area contributed by atoms with E-state index in [2.05, 4.69) is 10.6 Å². The summed E-state index contributed by atoms with van der Waals surface area (Å²) in [7, 11) is -3.89. The van der Waals surface area contributed by atoms with Crippen LogP contribution >= 0.6 is 34.8 Å². The molecule has 2 amide bonds. The summed E-state index contributed by atoms with van der Waals surface area (Å²) < 4.78 is 25.4. The number of amides is 2. The van der Waals surface area contributed by atoms with Crippen molar-refractivity contribution in [3.05, 3.63) is 57.0 Å². The largest absolute Gasteiger partial charge is 0.352 e. The van der Waals surface area contributed by atoms with Crippen LogP contribution in [0.25, 0.3) is 0 Å². The summed E-state index contributed by atoms with van der Waals surface area (Å²) in [6.07, 6.45) is 1.69. The Bertz CT molecular complexity index is 1060.